The van der Waals surface area contributed by atoms with Crippen molar-refractivity contribution in [2.45, 2.75) is 105 Å². The summed E-state index contributed by atoms with van der Waals surface area (Å²) in [7, 11) is 0. The second kappa shape index (κ2) is 16.6. The van der Waals surface area contributed by atoms with Gasteiger partial charge in [0.05, 0.1) is 56.4 Å². The van der Waals surface area contributed by atoms with Crippen LogP contribution in [0.4, 0.5) is 0 Å². The van der Waals surface area contributed by atoms with Gasteiger partial charge in [0.15, 0.2) is 0 Å². The highest BCUT2D eigenvalue weighted by Gasteiger charge is 2.26. The molecule has 0 aliphatic rings. The molecule has 0 saturated heterocycles. The zero-order valence-electron chi connectivity index (χ0n) is 46.0. The Kier molecular flexibility index (Phi) is 10.4. The summed E-state index contributed by atoms with van der Waals surface area (Å²) in [5.41, 5.74) is 19.5. The molecule has 5 aromatic heterocycles. The normalized spacial score (nSPS) is 13.0. The lowest BCUT2D eigenvalue weighted by Gasteiger charge is -2.19. The molecule has 13 rings (SSSR count). The van der Waals surface area contributed by atoms with Crippen LogP contribution >= 0.6 is 0 Å². The summed E-state index contributed by atoms with van der Waals surface area (Å²) in [5, 5.41) is 7.42. The van der Waals surface area contributed by atoms with Crippen LogP contribution < -0.4 is 0 Å². The van der Waals surface area contributed by atoms with Gasteiger partial charge in [-0.05, 0) is 129 Å². The Morgan fingerprint density at radius 2 is 0.658 bits per heavy atom. The third-order valence-electron chi connectivity index (χ3n) is 16.1. The molecule has 0 aliphatic heterocycles. The van der Waals surface area contributed by atoms with Crippen molar-refractivity contribution in [2.24, 2.45) is 0 Å². The lowest BCUT2D eigenvalue weighted by molar-refractivity contribution is 0.590. The highest BCUT2D eigenvalue weighted by atomic mass is 15.1. The van der Waals surface area contributed by atoms with E-state index in [0.29, 0.717) is 5.78 Å². The topological polar surface area (TPSA) is 45.0 Å². The fourth-order valence-corrected chi connectivity index (χ4v) is 11.7. The number of hydrogen-bond donors (Lipinski definition) is 0. The highest BCUT2D eigenvalue weighted by Crippen LogP contribution is 2.43. The first-order valence-corrected chi connectivity index (χ1v) is 27.0. The van der Waals surface area contributed by atoms with Crippen molar-refractivity contribution in [3.63, 3.8) is 0 Å². The van der Waals surface area contributed by atoms with Crippen molar-refractivity contribution < 1.29 is 0 Å². The van der Waals surface area contributed by atoms with E-state index in [1.165, 1.54) is 65.9 Å². The van der Waals surface area contributed by atoms with Gasteiger partial charge in [-0.15, -0.1) is 0 Å². The van der Waals surface area contributed by atoms with Gasteiger partial charge < -0.3 is 13.7 Å². The molecule has 0 aliphatic carbocycles. The van der Waals surface area contributed by atoms with E-state index in [4.69, 9.17) is 9.97 Å². The average Bonchev–Trinajstić information content (AvgIpc) is 4.16. The molecule has 0 atom stereocenters. The average molecular weight is 991 g/mol. The van der Waals surface area contributed by atoms with Crippen LogP contribution in [0.3, 0.4) is 0 Å². The minimum Gasteiger partial charge on any atom is -0.309 e. The molecule has 0 radical (unpaired) electrons. The minimum atomic E-state index is 0.00237. The van der Waals surface area contributed by atoms with Crippen molar-refractivity contribution in [1.82, 2.24) is 28.1 Å². The number of benzene rings is 8. The Labute approximate surface area is 445 Å². The number of hydrogen-bond acceptors (Lipinski definition) is 2. The molecular formula is C70H66N6. The SMILES string of the molecule is CC(C)(C)c1ccc2c(c1)c1cc(C(C)(C)C)ccc1n2-c1ccc2c(c1)c1cc(-n3c4ccc(C(C)(C)C)cc4c4cc(C(C)(C)C)ccc43)ccc1n2-c1cnc2nc(-c3ccccc3)c(-c3ccccc3)n2c1. The Balaban J connectivity index is 1.10. The van der Waals surface area contributed by atoms with E-state index in [2.05, 4.69) is 277 Å². The molecule has 6 nitrogen and oxygen atoms in total. The van der Waals surface area contributed by atoms with Crippen LogP contribution in [0, 0.1) is 0 Å². The molecule has 0 fully saturated rings. The largest absolute Gasteiger partial charge is 0.309 e. The van der Waals surface area contributed by atoms with E-state index in [0.717, 1.165) is 61.4 Å². The molecular weight excluding hydrogens is 925 g/mol. The monoisotopic (exact) mass is 991 g/mol. The fraction of sp³-hybridized carbons (Fsp3) is 0.229. The van der Waals surface area contributed by atoms with Gasteiger partial charge >= 0.3 is 0 Å². The van der Waals surface area contributed by atoms with E-state index < -0.39 is 0 Å². The van der Waals surface area contributed by atoms with Crippen molar-refractivity contribution in [1.29, 1.82) is 0 Å². The smallest absolute Gasteiger partial charge is 0.234 e. The lowest BCUT2D eigenvalue weighted by Crippen LogP contribution is -2.10. The number of rotatable bonds is 5. The molecule has 0 unspecified atom stereocenters. The number of aromatic nitrogens is 6. The second-order valence-electron chi connectivity index (χ2n) is 25.4. The first-order valence-electron chi connectivity index (χ1n) is 27.0. The Hall–Kier alpha value is -8.22. The molecule has 0 N–H and O–H groups in total. The van der Waals surface area contributed by atoms with Crippen LogP contribution in [0.25, 0.3) is 111 Å². The zero-order chi connectivity index (χ0) is 52.8. The summed E-state index contributed by atoms with van der Waals surface area (Å²) in [6.07, 6.45) is 4.22. The van der Waals surface area contributed by atoms with Crippen molar-refractivity contribution in [3.8, 4) is 39.6 Å². The first-order chi connectivity index (χ1) is 36.2. The van der Waals surface area contributed by atoms with Gasteiger partial charge in [-0.3, -0.25) is 4.40 Å². The molecule has 76 heavy (non-hydrogen) atoms. The molecule has 0 spiro atoms. The maximum atomic E-state index is 5.20. The van der Waals surface area contributed by atoms with Gasteiger partial charge in [-0.25, -0.2) is 9.97 Å². The summed E-state index contributed by atoms with van der Waals surface area (Å²) >= 11 is 0. The summed E-state index contributed by atoms with van der Waals surface area (Å²) in [4.78, 5) is 10.4. The Bertz CT molecular complexity index is 4120. The molecule has 0 bridgehead atoms. The van der Waals surface area contributed by atoms with Gasteiger partial charge in [-0.1, -0.05) is 168 Å². The van der Waals surface area contributed by atoms with E-state index in [9.17, 15) is 0 Å². The Morgan fingerprint density at radius 3 is 1.03 bits per heavy atom. The van der Waals surface area contributed by atoms with Gasteiger partial charge in [0.1, 0.15) is 0 Å². The first kappa shape index (κ1) is 47.5. The van der Waals surface area contributed by atoms with E-state index in [1.807, 2.05) is 6.20 Å². The van der Waals surface area contributed by atoms with Gasteiger partial charge in [0.2, 0.25) is 5.78 Å². The van der Waals surface area contributed by atoms with Crippen molar-refractivity contribution in [3.05, 3.63) is 205 Å². The van der Waals surface area contributed by atoms with Crippen LogP contribution in [-0.4, -0.2) is 28.1 Å². The quantitative estimate of drug-likeness (QED) is 0.172. The standard InChI is InChI=1S/C70H66N6/c1-67(2,3)45-23-29-58-52(35-45)53-36-46(68(4,5)6)24-30-59(53)74(58)49-27-33-62-56(39-49)57-40-50(75-60-31-25-47(69(7,8)9)37-54(60)55-38-48(70(10,11)12)26-32-61(55)75)28-34-63(57)76(62)51-41-71-66-72-64(43-19-15-13-16-20-43)65(73(66)42-51)44-21-17-14-18-22-44/h13-42H,1-12H3. The van der Waals surface area contributed by atoms with Crippen molar-refractivity contribution >= 4 is 71.2 Å². The maximum absolute atomic E-state index is 5.20. The predicted octanol–water partition coefficient (Wildman–Crippen LogP) is 18.5. The predicted molar refractivity (Wildman–Crippen MR) is 322 cm³/mol. The molecule has 0 amide bonds. The van der Waals surface area contributed by atoms with Crippen LogP contribution in [0.1, 0.15) is 105 Å². The number of nitrogens with zero attached hydrogens (tertiary/aromatic N) is 6. The highest BCUT2D eigenvalue weighted by molar-refractivity contribution is 6.14. The van der Waals surface area contributed by atoms with E-state index in [1.54, 1.807) is 0 Å². The number of fused-ring (bicyclic) bond motifs is 10. The van der Waals surface area contributed by atoms with Crippen LogP contribution in [0.2, 0.25) is 0 Å². The number of imidazole rings is 1. The molecule has 8 aromatic carbocycles. The second-order valence-corrected chi connectivity index (χ2v) is 25.4. The molecule has 376 valence electrons. The maximum Gasteiger partial charge on any atom is 0.234 e. The van der Waals surface area contributed by atoms with E-state index in [-0.39, 0.29) is 21.7 Å². The summed E-state index contributed by atoms with van der Waals surface area (Å²) in [5.74, 6) is 0.651. The summed E-state index contributed by atoms with van der Waals surface area (Å²) < 4.78 is 9.55. The van der Waals surface area contributed by atoms with Gasteiger partial charge in [-0.2, -0.15) is 0 Å². The summed E-state index contributed by atoms with van der Waals surface area (Å²) in [6, 6.07) is 63.6. The third-order valence-corrected chi connectivity index (χ3v) is 16.1. The van der Waals surface area contributed by atoms with Crippen LogP contribution in [0.5, 0.6) is 0 Å². The third kappa shape index (κ3) is 7.58. The molecule has 5 heterocycles. The van der Waals surface area contributed by atoms with Crippen LogP contribution in [-0.2, 0) is 21.7 Å². The lowest BCUT2D eigenvalue weighted by atomic mass is 9.85. The van der Waals surface area contributed by atoms with Gasteiger partial charge in [0.25, 0.3) is 0 Å². The zero-order valence-corrected chi connectivity index (χ0v) is 46.0. The van der Waals surface area contributed by atoms with E-state index >= 15 is 0 Å². The minimum absolute atomic E-state index is 0.00237. The summed E-state index contributed by atoms with van der Waals surface area (Å²) in [6.45, 7) is 27.7. The van der Waals surface area contributed by atoms with Crippen molar-refractivity contribution in [2.75, 3.05) is 0 Å². The van der Waals surface area contributed by atoms with Crippen LogP contribution in [0.15, 0.2) is 182 Å². The van der Waals surface area contributed by atoms with Gasteiger partial charge in [0, 0.05) is 61.0 Å². The molecule has 6 heteroatoms. The Morgan fingerprint density at radius 1 is 0.329 bits per heavy atom. The fourth-order valence-electron chi connectivity index (χ4n) is 11.7. The molecule has 13 aromatic rings. The molecule has 0 saturated carbocycles.